The van der Waals surface area contributed by atoms with Gasteiger partial charge in [-0.25, -0.2) is 9.97 Å². The quantitative estimate of drug-likeness (QED) is 0.690. The minimum atomic E-state index is -0.0269. The number of hydrogen-bond donors (Lipinski definition) is 1. The van der Waals surface area contributed by atoms with Gasteiger partial charge in [-0.15, -0.1) is 11.6 Å². The third-order valence-electron chi connectivity index (χ3n) is 1.35. The Kier molecular flexibility index (Phi) is 2.65. The molecule has 0 saturated carbocycles. The standard InChI is InChI=1S/C7H10ClN3/c1-5(8)6-3-10-7(9-2)11-4-6/h3-5H,1-2H3,(H,9,10,11). The van der Waals surface area contributed by atoms with Crippen molar-refractivity contribution in [3.8, 4) is 0 Å². The number of rotatable bonds is 2. The van der Waals surface area contributed by atoms with Crippen LogP contribution >= 0.6 is 11.6 Å². The average molecular weight is 172 g/mol. The monoisotopic (exact) mass is 171 g/mol. The van der Waals surface area contributed by atoms with E-state index in [4.69, 9.17) is 11.6 Å². The molecule has 3 nitrogen and oxygen atoms in total. The zero-order valence-corrected chi connectivity index (χ0v) is 7.26. The van der Waals surface area contributed by atoms with E-state index in [9.17, 15) is 0 Å². The molecule has 0 spiro atoms. The fourth-order valence-corrected chi connectivity index (χ4v) is 0.785. The maximum Gasteiger partial charge on any atom is 0.222 e. The number of alkyl halides is 1. The van der Waals surface area contributed by atoms with Crippen molar-refractivity contribution in [2.24, 2.45) is 0 Å². The first-order valence-electron chi connectivity index (χ1n) is 3.38. The van der Waals surface area contributed by atoms with Crippen LogP contribution in [-0.2, 0) is 0 Å². The molecule has 0 saturated heterocycles. The predicted molar refractivity (Wildman–Crippen MR) is 45.8 cm³/mol. The van der Waals surface area contributed by atoms with Gasteiger partial charge in [0.2, 0.25) is 5.95 Å². The topological polar surface area (TPSA) is 37.8 Å². The third kappa shape index (κ3) is 2.05. The first-order chi connectivity index (χ1) is 5.24. The summed E-state index contributed by atoms with van der Waals surface area (Å²) in [7, 11) is 1.78. The van der Waals surface area contributed by atoms with E-state index in [1.54, 1.807) is 19.4 Å². The van der Waals surface area contributed by atoms with Crippen LogP contribution in [0, 0.1) is 0 Å². The first kappa shape index (κ1) is 8.27. The van der Waals surface area contributed by atoms with Crippen molar-refractivity contribution < 1.29 is 0 Å². The van der Waals surface area contributed by atoms with Gasteiger partial charge in [0.05, 0.1) is 5.38 Å². The molecule has 0 fully saturated rings. The van der Waals surface area contributed by atoms with E-state index in [1.165, 1.54) is 0 Å². The number of hydrogen-bond acceptors (Lipinski definition) is 3. The summed E-state index contributed by atoms with van der Waals surface area (Å²) < 4.78 is 0. The summed E-state index contributed by atoms with van der Waals surface area (Å²) in [6.45, 7) is 1.89. The van der Waals surface area contributed by atoms with Crippen LogP contribution < -0.4 is 5.32 Å². The van der Waals surface area contributed by atoms with Crippen molar-refractivity contribution in [1.29, 1.82) is 0 Å². The van der Waals surface area contributed by atoms with E-state index in [1.807, 2.05) is 6.92 Å². The van der Waals surface area contributed by atoms with Crippen LogP contribution in [0.4, 0.5) is 5.95 Å². The number of halogens is 1. The number of nitrogens with one attached hydrogen (secondary N) is 1. The Morgan fingerprint density at radius 3 is 2.36 bits per heavy atom. The molecule has 1 N–H and O–H groups in total. The summed E-state index contributed by atoms with van der Waals surface area (Å²) in [5.41, 5.74) is 0.936. The van der Waals surface area contributed by atoms with Gasteiger partial charge in [0.15, 0.2) is 0 Å². The van der Waals surface area contributed by atoms with Crippen molar-refractivity contribution >= 4 is 17.5 Å². The molecule has 1 atom stereocenters. The molecule has 0 bridgehead atoms. The van der Waals surface area contributed by atoms with Crippen LogP contribution in [0.15, 0.2) is 12.4 Å². The highest BCUT2D eigenvalue weighted by molar-refractivity contribution is 6.20. The molecular weight excluding hydrogens is 162 g/mol. The molecular formula is C7H10ClN3. The van der Waals surface area contributed by atoms with Crippen LogP contribution in [0.1, 0.15) is 17.9 Å². The van der Waals surface area contributed by atoms with Crippen LogP contribution in [0.2, 0.25) is 0 Å². The molecule has 1 heterocycles. The third-order valence-corrected chi connectivity index (χ3v) is 1.61. The minimum absolute atomic E-state index is 0.0269. The number of nitrogens with zero attached hydrogens (tertiary/aromatic N) is 2. The normalized spacial score (nSPS) is 12.6. The summed E-state index contributed by atoms with van der Waals surface area (Å²) >= 11 is 5.80. The molecule has 4 heteroatoms. The second kappa shape index (κ2) is 3.53. The number of anilines is 1. The van der Waals surface area contributed by atoms with E-state index < -0.39 is 0 Å². The molecule has 0 radical (unpaired) electrons. The van der Waals surface area contributed by atoms with Gasteiger partial charge in [0.1, 0.15) is 0 Å². The molecule has 0 aromatic carbocycles. The van der Waals surface area contributed by atoms with Crippen molar-refractivity contribution in [1.82, 2.24) is 9.97 Å². The summed E-state index contributed by atoms with van der Waals surface area (Å²) in [5.74, 6) is 0.617. The summed E-state index contributed by atoms with van der Waals surface area (Å²) in [6.07, 6.45) is 3.44. The summed E-state index contributed by atoms with van der Waals surface area (Å²) in [4.78, 5) is 8.02. The molecule has 1 rings (SSSR count). The molecule has 0 aliphatic carbocycles. The highest BCUT2D eigenvalue weighted by Gasteiger charge is 2.00. The Morgan fingerprint density at radius 1 is 1.45 bits per heavy atom. The molecule has 1 aromatic rings. The molecule has 0 amide bonds. The summed E-state index contributed by atoms with van der Waals surface area (Å²) in [6, 6.07) is 0. The Hall–Kier alpha value is -0.830. The van der Waals surface area contributed by atoms with Gasteiger partial charge in [-0.05, 0) is 6.92 Å². The Bertz CT molecular complexity index is 220. The minimum Gasteiger partial charge on any atom is -0.357 e. The van der Waals surface area contributed by atoms with Crippen molar-refractivity contribution in [3.63, 3.8) is 0 Å². The van der Waals surface area contributed by atoms with Gasteiger partial charge >= 0.3 is 0 Å². The smallest absolute Gasteiger partial charge is 0.222 e. The molecule has 0 aliphatic heterocycles. The highest BCUT2D eigenvalue weighted by atomic mass is 35.5. The Balaban J connectivity index is 2.83. The molecule has 1 unspecified atom stereocenters. The Labute approximate surface area is 70.8 Å². The lowest BCUT2D eigenvalue weighted by Gasteiger charge is -2.02. The lowest BCUT2D eigenvalue weighted by molar-refractivity contribution is 1.01. The van der Waals surface area contributed by atoms with E-state index in [2.05, 4.69) is 15.3 Å². The van der Waals surface area contributed by atoms with E-state index >= 15 is 0 Å². The summed E-state index contributed by atoms with van der Waals surface area (Å²) in [5, 5.41) is 2.80. The maximum absolute atomic E-state index is 5.80. The van der Waals surface area contributed by atoms with Gasteiger partial charge < -0.3 is 5.32 Å². The molecule has 60 valence electrons. The fourth-order valence-electron chi connectivity index (χ4n) is 0.673. The highest BCUT2D eigenvalue weighted by Crippen LogP contribution is 2.17. The Morgan fingerprint density at radius 2 is 2.00 bits per heavy atom. The zero-order chi connectivity index (χ0) is 8.27. The van der Waals surface area contributed by atoms with E-state index in [0.717, 1.165) is 5.56 Å². The zero-order valence-electron chi connectivity index (χ0n) is 6.50. The van der Waals surface area contributed by atoms with Gasteiger partial charge in [-0.3, -0.25) is 0 Å². The van der Waals surface area contributed by atoms with Gasteiger partial charge in [0.25, 0.3) is 0 Å². The maximum atomic E-state index is 5.80. The van der Waals surface area contributed by atoms with E-state index in [0.29, 0.717) is 5.95 Å². The van der Waals surface area contributed by atoms with Crippen molar-refractivity contribution in [2.45, 2.75) is 12.3 Å². The fraction of sp³-hybridized carbons (Fsp3) is 0.429. The predicted octanol–water partition coefficient (Wildman–Crippen LogP) is 1.82. The first-order valence-corrected chi connectivity index (χ1v) is 3.81. The molecule has 11 heavy (non-hydrogen) atoms. The van der Waals surface area contributed by atoms with Gasteiger partial charge in [-0.1, -0.05) is 0 Å². The lowest BCUT2D eigenvalue weighted by Crippen LogP contribution is -1.97. The molecule has 1 aromatic heterocycles. The average Bonchev–Trinajstić information content (AvgIpc) is 2.05. The largest absolute Gasteiger partial charge is 0.357 e. The van der Waals surface area contributed by atoms with Crippen LogP contribution in [0.5, 0.6) is 0 Å². The van der Waals surface area contributed by atoms with Crippen molar-refractivity contribution in [2.75, 3.05) is 12.4 Å². The second-order valence-electron chi connectivity index (χ2n) is 2.21. The van der Waals surface area contributed by atoms with Crippen molar-refractivity contribution in [3.05, 3.63) is 18.0 Å². The lowest BCUT2D eigenvalue weighted by atomic mass is 10.3. The van der Waals surface area contributed by atoms with Gasteiger partial charge in [-0.2, -0.15) is 0 Å². The van der Waals surface area contributed by atoms with Gasteiger partial charge in [0, 0.05) is 25.0 Å². The SMILES string of the molecule is CNc1ncc(C(C)Cl)cn1. The number of aromatic nitrogens is 2. The molecule has 0 aliphatic rings. The van der Waals surface area contributed by atoms with Crippen LogP contribution in [0.25, 0.3) is 0 Å². The second-order valence-corrected chi connectivity index (χ2v) is 2.86. The van der Waals surface area contributed by atoms with Crippen LogP contribution in [-0.4, -0.2) is 17.0 Å². The van der Waals surface area contributed by atoms with Crippen LogP contribution in [0.3, 0.4) is 0 Å². The van der Waals surface area contributed by atoms with E-state index in [-0.39, 0.29) is 5.38 Å².